The van der Waals surface area contributed by atoms with E-state index in [0.717, 1.165) is 57.8 Å². The zero-order valence-electron chi connectivity index (χ0n) is 15.7. The molecule has 0 bridgehead atoms. The third kappa shape index (κ3) is 10.8. The van der Waals surface area contributed by atoms with E-state index in [1.165, 1.54) is 0 Å². The predicted molar refractivity (Wildman–Crippen MR) is 95.4 cm³/mol. The van der Waals surface area contributed by atoms with Crippen LogP contribution < -0.4 is 5.32 Å². The van der Waals surface area contributed by atoms with Gasteiger partial charge in [-0.05, 0) is 19.4 Å². The van der Waals surface area contributed by atoms with E-state index in [4.69, 9.17) is 14.2 Å². The standard InChI is InChI=1S/C18H30N2O6/c1-15(2)18(23)19-7-12-26-17(22)6-5-16(21)25-11-4-3-8-20-9-13-24-14-10-20/h5-6,15H,3-4,7-14H2,1-2H3,(H,19,23)/b6-5+. The van der Waals surface area contributed by atoms with Crippen LogP contribution in [0.3, 0.4) is 0 Å². The molecule has 8 heteroatoms. The van der Waals surface area contributed by atoms with E-state index < -0.39 is 11.9 Å². The van der Waals surface area contributed by atoms with Crippen molar-refractivity contribution < 1.29 is 28.6 Å². The van der Waals surface area contributed by atoms with Gasteiger partial charge in [-0.25, -0.2) is 9.59 Å². The number of esters is 2. The Hall–Kier alpha value is -1.93. The summed E-state index contributed by atoms with van der Waals surface area (Å²) in [6.07, 6.45) is 3.80. The lowest BCUT2D eigenvalue weighted by molar-refractivity contribution is -0.140. The summed E-state index contributed by atoms with van der Waals surface area (Å²) in [5.41, 5.74) is 0. The second-order valence-corrected chi connectivity index (χ2v) is 6.28. The Bertz CT molecular complexity index is 472. The molecule has 1 N–H and O–H groups in total. The van der Waals surface area contributed by atoms with Gasteiger partial charge < -0.3 is 19.5 Å². The second-order valence-electron chi connectivity index (χ2n) is 6.28. The highest BCUT2D eigenvalue weighted by molar-refractivity contribution is 5.91. The summed E-state index contributed by atoms with van der Waals surface area (Å²) in [4.78, 5) is 36.6. The zero-order chi connectivity index (χ0) is 19.2. The average Bonchev–Trinajstić information content (AvgIpc) is 2.63. The lowest BCUT2D eigenvalue weighted by atomic mass is 10.2. The lowest BCUT2D eigenvalue weighted by Crippen LogP contribution is -2.36. The van der Waals surface area contributed by atoms with Crippen molar-refractivity contribution in [1.82, 2.24) is 10.2 Å². The van der Waals surface area contributed by atoms with Gasteiger partial charge in [0.1, 0.15) is 6.61 Å². The summed E-state index contributed by atoms with van der Waals surface area (Å²) in [7, 11) is 0. The molecule has 148 valence electrons. The molecule has 1 fully saturated rings. The molecule has 0 aromatic rings. The molecule has 8 nitrogen and oxygen atoms in total. The number of morpholine rings is 1. The molecule has 0 unspecified atom stereocenters. The molecule has 0 radical (unpaired) electrons. The number of ether oxygens (including phenoxy) is 3. The number of hydrogen-bond acceptors (Lipinski definition) is 7. The molecule has 26 heavy (non-hydrogen) atoms. The number of unbranched alkanes of at least 4 members (excludes halogenated alkanes) is 1. The van der Waals surface area contributed by atoms with Gasteiger partial charge in [0.2, 0.25) is 5.91 Å². The quantitative estimate of drug-likeness (QED) is 0.322. The minimum Gasteiger partial charge on any atom is -0.463 e. The normalized spacial score (nSPS) is 15.2. The Balaban J connectivity index is 2.01. The van der Waals surface area contributed by atoms with Crippen LogP contribution >= 0.6 is 0 Å². The number of carbonyl (C=O) groups is 3. The Morgan fingerprint density at radius 1 is 1.04 bits per heavy atom. The maximum absolute atomic E-state index is 11.5. The van der Waals surface area contributed by atoms with Crippen molar-refractivity contribution in [3.8, 4) is 0 Å². The molecule has 1 amide bonds. The van der Waals surface area contributed by atoms with Crippen molar-refractivity contribution >= 4 is 17.8 Å². The zero-order valence-corrected chi connectivity index (χ0v) is 15.7. The largest absolute Gasteiger partial charge is 0.463 e. The molecular weight excluding hydrogens is 340 g/mol. The number of nitrogens with zero attached hydrogens (tertiary/aromatic N) is 1. The van der Waals surface area contributed by atoms with Crippen molar-refractivity contribution in [3.63, 3.8) is 0 Å². The Morgan fingerprint density at radius 2 is 1.65 bits per heavy atom. The monoisotopic (exact) mass is 370 g/mol. The Kier molecular flexibility index (Phi) is 11.3. The van der Waals surface area contributed by atoms with Crippen molar-refractivity contribution in [1.29, 1.82) is 0 Å². The maximum atomic E-state index is 11.5. The van der Waals surface area contributed by atoms with Gasteiger partial charge in [-0.15, -0.1) is 0 Å². The molecule has 1 aliphatic heterocycles. The first-order valence-corrected chi connectivity index (χ1v) is 9.08. The SMILES string of the molecule is CC(C)C(=O)NCCOC(=O)/C=C/C(=O)OCCCCN1CCOCC1. The first-order chi connectivity index (χ1) is 12.5. The van der Waals surface area contributed by atoms with Gasteiger partial charge in [-0.1, -0.05) is 13.8 Å². The summed E-state index contributed by atoms with van der Waals surface area (Å²) in [6, 6.07) is 0. The van der Waals surface area contributed by atoms with E-state index in [1.807, 2.05) is 0 Å². The van der Waals surface area contributed by atoms with Crippen LogP contribution in [0.5, 0.6) is 0 Å². The van der Waals surface area contributed by atoms with Crippen LogP contribution in [-0.2, 0) is 28.6 Å². The van der Waals surface area contributed by atoms with Gasteiger partial charge in [0.05, 0.1) is 26.4 Å². The van der Waals surface area contributed by atoms with Gasteiger partial charge in [-0.3, -0.25) is 9.69 Å². The number of hydrogen-bond donors (Lipinski definition) is 1. The molecule has 1 rings (SSSR count). The first kappa shape index (κ1) is 22.1. The number of nitrogens with one attached hydrogen (secondary N) is 1. The van der Waals surface area contributed by atoms with Gasteiger partial charge in [0.15, 0.2) is 0 Å². The maximum Gasteiger partial charge on any atom is 0.331 e. The molecule has 0 atom stereocenters. The fraction of sp³-hybridized carbons (Fsp3) is 0.722. The van der Waals surface area contributed by atoms with E-state index >= 15 is 0 Å². The molecule has 0 aromatic carbocycles. The predicted octanol–water partition coefficient (Wildman–Crippen LogP) is 0.514. The number of amides is 1. The lowest BCUT2D eigenvalue weighted by Gasteiger charge is -2.26. The number of rotatable bonds is 11. The van der Waals surface area contributed by atoms with Crippen LogP contribution in [0.15, 0.2) is 12.2 Å². The average molecular weight is 370 g/mol. The smallest absolute Gasteiger partial charge is 0.331 e. The van der Waals surface area contributed by atoms with Crippen LogP contribution in [0.4, 0.5) is 0 Å². The van der Waals surface area contributed by atoms with Gasteiger partial charge in [0, 0.05) is 31.2 Å². The highest BCUT2D eigenvalue weighted by atomic mass is 16.5. The Morgan fingerprint density at radius 3 is 2.27 bits per heavy atom. The second kappa shape index (κ2) is 13.3. The minimum atomic E-state index is -0.645. The van der Waals surface area contributed by atoms with Crippen LogP contribution in [0.25, 0.3) is 0 Å². The third-order valence-corrected chi connectivity index (χ3v) is 3.74. The van der Waals surface area contributed by atoms with E-state index in [2.05, 4.69) is 10.2 Å². The van der Waals surface area contributed by atoms with Crippen LogP contribution in [0.2, 0.25) is 0 Å². The summed E-state index contributed by atoms with van der Waals surface area (Å²) in [5.74, 6) is -1.43. The van der Waals surface area contributed by atoms with Gasteiger partial charge >= 0.3 is 11.9 Å². The summed E-state index contributed by atoms with van der Waals surface area (Å²) in [5, 5.41) is 2.62. The van der Waals surface area contributed by atoms with E-state index in [-0.39, 0.29) is 25.0 Å². The molecule has 0 aliphatic carbocycles. The third-order valence-electron chi connectivity index (χ3n) is 3.74. The summed E-state index contributed by atoms with van der Waals surface area (Å²) in [6.45, 7) is 8.59. The Labute approximate surface area is 154 Å². The van der Waals surface area contributed by atoms with Crippen molar-refractivity contribution in [2.24, 2.45) is 5.92 Å². The van der Waals surface area contributed by atoms with Crippen LogP contribution in [0.1, 0.15) is 26.7 Å². The highest BCUT2D eigenvalue weighted by Crippen LogP contribution is 2.00. The van der Waals surface area contributed by atoms with Crippen LogP contribution in [0, 0.1) is 5.92 Å². The van der Waals surface area contributed by atoms with E-state index in [0.29, 0.717) is 6.61 Å². The molecule has 0 saturated carbocycles. The topological polar surface area (TPSA) is 94.2 Å². The molecule has 0 spiro atoms. The molecule has 1 aliphatic rings. The van der Waals surface area contributed by atoms with E-state index in [9.17, 15) is 14.4 Å². The van der Waals surface area contributed by atoms with Crippen molar-refractivity contribution in [3.05, 3.63) is 12.2 Å². The van der Waals surface area contributed by atoms with Gasteiger partial charge in [-0.2, -0.15) is 0 Å². The molecular formula is C18H30N2O6. The molecule has 1 saturated heterocycles. The molecule has 0 aromatic heterocycles. The van der Waals surface area contributed by atoms with Crippen molar-refractivity contribution in [2.45, 2.75) is 26.7 Å². The first-order valence-electron chi connectivity index (χ1n) is 9.08. The summed E-state index contributed by atoms with van der Waals surface area (Å²) >= 11 is 0. The molecule has 1 heterocycles. The highest BCUT2D eigenvalue weighted by Gasteiger charge is 2.09. The van der Waals surface area contributed by atoms with Crippen molar-refractivity contribution in [2.75, 3.05) is 52.6 Å². The van der Waals surface area contributed by atoms with Gasteiger partial charge in [0.25, 0.3) is 0 Å². The fourth-order valence-electron chi connectivity index (χ4n) is 2.20. The minimum absolute atomic E-state index is 0.0538. The fourth-order valence-corrected chi connectivity index (χ4v) is 2.20. The van der Waals surface area contributed by atoms with Crippen LogP contribution in [-0.4, -0.2) is 75.4 Å². The number of carbonyl (C=O) groups excluding carboxylic acids is 3. The van der Waals surface area contributed by atoms with E-state index in [1.54, 1.807) is 13.8 Å². The summed E-state index contributed by atoms with van der Waals surface area (Å²) < 4.78 is 15.2.